The van der Waals surface area contributed by atoms with Gasteiger partial charge in [0.1, 0.15) is 0 Å². The highest BCUT2D eigenvalue weighted by molar-refractivity contribution is 4.98. The topological polar surface area (TPSA) is 20.2 Å². The van der Waals surface area contributed by atoms with E-state index in [9.17, 15) is 0 Å². The first kappa shape index (κ1) is 9.53. The zero-order valence-corrected chi connectivity index (χ0v) is 7.74. The van der Waals surface area contributed by atoms with Crippen molar-refractivity contribution >= 4 is 0 Å². The molecule has 12 heavy (non-hydrogen) atoms. The molecule has 0 radical (unpaired) electrons. The largest absolute Gasteiger partial charge is 0.396 e. The molecule has 2 atom stereocenters. The van der Waals surface area contributed by atoms with Crippen molar-refractivity contribution in [2.75, 3.05) is 6.61 Å². The Balaban J connectivity index is 2.53. The molecule has 0 aromatic carbocycles. The van der Waals surface area contributed by atoms with Crippen molar-refractivity contribution in [2.24, 2.45) is 11.8 Å². The van der Waals surface area contributed by atoms with Crippen molar-refractivity contribution in [3.8, 4) is 0 Å². The lowest BCUT2D eigenvalue weighted by Crippen LogP contribution is -2.01. The summed E-state index contributed by atoms with van der Waals surface area (Å²) in [4.78, 5) is 0. The van der Waals surface area contributed by atoms with E-state index in [1.807, 2.05) is 0 Å². The van der Waals surface area contributed by atoms with Gasteiger partial charge in [-0.25, -0.2) is 0 Å². The Labute approximate surface area is 74.8 Å². The molecule has 0 aromatic heterocycles. The minimum Gasteiger partial charge on any atom is -0.396 e. The molecule has 0 saturated heterocycles. The Kier molecular flexibility index (Phi) is 4.09. The van der Waals surface area contributed by atoms with Crippen molar-refractivity contribution < 1.29 is 5.11 Å². The average Bonchev–Trinajstić information content (AvgIpc) is 2.17. The summed E-state index contributed by atoms with van der Waals surface area (Å²) in [6, 6.07) is 0. The van der Waals surface area contributed by atoms with E-state index in [2.05, 4.69) is 31.2 Å². The predicted octanol–water partition coefficient (Wildman–Crippen LogP) is 2.53. The van der Waals surface area contributed by atoms with Crippen LogP contribution in [0.2, 0.25) is 0 Å². The predicted molar refractivity (Wildman–Crippen MR) is 51.9 cm³/mol. The molecule has 0 spiro atoms. The molecular weight excluding hydrogens is 148 g/mol. The van der Waals surface area contributed by atoms with Crippen LogP contribution < -0.4 is 0 Å². The SMILES string of the molecule is CC1/C=C\C(CO)CC/C=C\C1. The molecule has 2 unspecified atom stereocenters. The second-order valence-corrected chi connectivity index (χ2v) is 3.59. The zero-order chi connectivity index (χ0) is 8.81. The van der Waals surface area contributed by atoms with E-state index in [0.717, 1.165) is 19.3 Å². The summed E-state index contributed by atoms with van der Waals surface area (Å²) < 4.78 is 0. The van der Waals surface area contributed by atoms with E-state index in [-0.39, 0.29) is 6.61 Å². The zero-order valence-electron chi connectivity index (χ0n) is 7.74. The van der Waals surface area contributed by atoms with Gasteiger partial charge in [-0.2, -0.15) is 0 Å². The van der Waals surface area contributed by atoms with E-state index < -0.39 is 0 Å². The van der Waals surface area contributed by atoms with Crippen LogP contribution in [0.5, 0.6) is 0 Å². The maximum atomic E-state index is 9.01. The summed E-state index contributed by atoms with van der Waals surface area (Å²) in [6.07, 6.45) is 12.2. The van der Waals surface area contributed by atoms with E-state index in [1.165, 1.54) is 0 Å². The number of rotatable bonds is 1. The first-order valence-corrected chi connectivity index (χ1v) is 4.77. The van der Waals surface area contributed by atoms with E-state index in [0.29, 0.717) is 11.8 Å². The van der Waals surface area contributed by atoms with E-state index in [1.54, 1.807) is 0 Å². The van der Waals surface area contributed by atoms with Gasteiger partial charge in [-0.05, 0) is 25.2 Å². The quantitative estimate of drug-likeness (QED) is 0.593. The number of aliphatic hydroxyl groups is 1. The lowest BCUT2D eigenvalue weighted by atomic mass is 10.0. The highest BCUT2D eigenvalue weighted by Crippen LogP contribution is 2.15. The normalized spacial score (nSPS) is 36.2. The second kappa shape index (κ2) is 5.15. The Morgan fingerprint density at radius 3 is 2.92 bits per heavy atom. The highest BCUT2D eigenvalue weighted by Gasteiger charge is 2.04. The summed E-state index contributed by atoms with van der Waals surface area (Å²) in [5.74, 6) is 0.989. The van der Waals surface area contributed by atoms with Crippen LogP contribution in [0.3, 0.4) is 0 Å². The first-order chi connectivity index (χ1) is 5.83. The lowest BCUT2D eigenvalue weighted by Gasteiger charge is -2.06. The monoisotopic (exact) mass is 166 g/mol. The molecule has 1 N–H and O–H groups in total. The van der Waals surface area contributed by atoms with Gasteiger partial charge in [0.05, 0.1) is 0 Å². The highest BCUT2D eigenvalue weighted by atomic mass is 16.3. The van der Waals surface area contributed by atoms with Gasteiger partial charge in [-0.15, -0.1) is 0 Å². The van der Waals surface area contributed by atoms with Crippen molar-refractivity contribution in [1.82, 2.24) is 0 Å². The van der Waals surface area contributed by atoms with Crippen LogP contribution in [0, 0.1) is 11.8 Å². The average molecular weight is 166 g/mol. The molecule has 1 nitrogen and oxygen atoms in total. The van der Waals surface area contributed by atoms with Gasteiger partial charge in [0, 0.05) is 12.5 Å². The minimum atomic E-state index is 0.289. The molecule has 0 heterocycles. The van der Waals surface area contributed by atoms with Crippen LogP contribution in [0.4, 0.5) is 0 Å². The Morgan fingerprint density at radius 2 is 2.17 bits per heavy atom. The number of hydrogen-bond donors (Lipinski definition) is 1. The van der Waals surface area contributed by atoms with Crippen LogP contribution >= 0.6 is 0 Å². The van der Waals surface area contributed by atoms with Crippen molar-refractivity contribution in [3.05, 3.63) is 24.3 Å². The summed E-state index contributed by atoms with van der Waals surface area (Å²) in [7, 11) is 0. The minimum absolute atomic E-state index is 0.289. The van der Waals surface area contributed by atoms with Crippen molar-refractivity contribution in [1.29, 1.82) is 0 Å². The Morgan fingerprint density at radius 1 is 1.33 bits per heavy atom. The molecular formula is C11H18O. The number of hydrogen-bond acceptors (Lipinski definition) is 1. The molecule has 1 heteroatoms. The van der Waals surface area contributed by atoms with Gasteiger partial charge in [-0.3, -0.25) is 0 Å². The molecule has 0 amide bonds. The summed E-state index contributed by atoms with van der Waals surface area (Å²) >= 11 is 0. The van der Waals surface area contributed by atoms with Crippen LogP contribution in [-0.2, 0) is 0 Å². The van der Waals surface area contributed by atoms with Crippen LogP contribution in [-0.4, -0.2) is 11.7 Å². The van der Waals surface area contributed by atoms with Crippen LogP contribution in [0.25, 0.3) is 0 Å². The third-order valence-corrected chi connectivity index (χ3v) is 2.32. The third-order valence-electron chi connectivity index (χ3n) is 2.32. The maximum absolute atomic E-state index is 9.01. The van der Waals surface area contributed by atoms with E-state index in [4.69, 9.17) is 5.11 Å². The molecule has 68 valence electrons. The van der Waals surface area contributed by atoms with Gasteiger partial charge in [-0.1, -0.05) is 31.2 Å². The fourth-order valence-corrected chi connectivity index (χ4v) is 1.41. The molecule has 0 fully saturated rings. The summed E-state index contributed by atoms with van der Waals surface area (Å²) in [6.45, 7) is 2.50. The molecule has 0 aliphatic heterocycles. The van der Waals surface area contributed by atoms with E-state index >= 15 is 0 Å². The fourth-order valence-electron chi connectivity index (χ4n) is 1.41. The number of aliphatic hydroxyl groups excluding tert-OH is 1. The second-order valence-electron chi connectivity index (χ2n) is 3.59. The van der Waals surface area contributed by atoms with Crippen LogP contribution in [0.15, 0.2) is 24.3 Å². The van der Waals surface area contributed by atoms with Crippen molar-refractivity contribution in [2.45, 2.75) is 26.2 Å². The van der Waals surface area contributed by atoms with Gasteiger partial charge in [0.2, 0.25) is 0 Å². The molecule has 0 aromatic rings. The van der Waals surface area contributed by atoms with Gasteiger partial charge in [0.25, 0.3) is 0 Å². The van der Waals surface area contributed by atoms with Crippen molar-refractivity contribution in [3.63, 3.8) is 0 Å². The molecule has 0 saturated carbocycles. The standard InChI is InChI=1S/C11H18O/c1-10-5-3-2-4-6-11(9-12)8-7-10/h2-3,7-8,10-12H,4-6,9H2,1H3/b3-2-,8-7-. The molecule has 1 aliphatic rings. The van der Waals surface area contributed by atoms with Gasteiger partial charge >= 0.3 is 0 Å². The molecule has 1 rings (SSSR count). The lowest BCUT2D eigenvalue weighted by molar-refractivity contribution is 0.246. The Bertz CT molecular complexity index is 170. The first-order valence-electron chi connectivity index (χ1n) is 4.77. The third kappa shape index (κ3) is 3.22. The molecule has 1 aliphatic carbocycles. The maximum Gasteiger partial charge on any atom is 0.0493 e. The van der Waals surface area contributed by atoms with Crippen LogP contribution in [0.1, 0.15) is 26.2 Å². The Hall–Kier alpha value is -0.560. The van der Waals surface area contributed by atoms with Gasteiger partial charge in [0.15, 0.2) is 0 Å². The molecule has 0 bridgehead atoms. The fraction of sp³-hybridized carbons (Fsp3) is 0.636. The smallest absolute Gasteiger partial charge is 0.0493 e. The number of allylic oxidation sites excluding steroid dienone is 3. The summed E-state index contributed by atoms with van der Waals surface area (Å²) in [5.41, 5.74) is 0. The summed E-state index contributed by atoms with van der Waals surface area (Å²) in [5, 5.41) is 9.01. The van der Waals surface area contributed by atoms with Gasteiger partial charge < -0.3 is 5.11 Å².